The second-order valence-electron chi connectivity index (χ2n) is 7.09. The van der Waals surface area contributed by atoms with E-state index in [0.29, 0.717) is 22.9 Å². The molecule has 0 bridgehead atoms. The smallest absolute Gasteiger partial charge is 0.416 e. The van der Waals surface area contributed by atoms with Crippen LogP contribution in [0, 0.1) is 6.92 Å². The van der Waals surface area contributed by atoms with Gasteiger partial charge in [0.05, 0.1) is 11.3 Å². The summed E-state index contributed by atoms with van der Waals surface area (Å²) in [6, 6.07) is 15.0. The Labute approximate surface area is 180 Å². The molecule has 32 heavy (non-hydrogen) atoms. The van der Waals surface area contributed by atoms with Crippen molar-refractivity contribution in [1.29, 1.82) is 0 Å². The average Bonchev–Trinajstić information content (AvgIpc) is 3.13. The fourth-order valence-electron chi connectivity index (χ4n) is 3.05. The molecular formula is C22H18F3N5O2. The van der Waals surface area contributed by atoms with Crippen LogP contribution >= 0.6 is 0 Å². The molecule has 0 aliphatic rings. The molecule has 0 aliphatic heterocycles. The molecule has 1 unspecified atom stereocenters. The van der Waals surface area contributed by atoms with E-state index in [9.17, 15) is 18.0 Å². The van der Waals surface area contributed by atoms with E-state index in [4.69, 9.17) is 4.74 Å². The number of amides is 1. The molecule has 0 saturated carbocycles. The largest absolute Gasteiger partial charge is 0.481 e. The van der Waals surface area contributed by atoms with Gasteiger partial charge in [0.15, 0.2) is 17.6 Å². The molecule has 2 heterocycles. The topological polar surface area (TPSA) is 81.4 Å². The minimum absolute atomic E-state index is 0.0435. The third kappa shape index (κ3) is 4.53. The van der Waals surface area contributed by atoms with Gasteiger partial charge in [0.25, 0.3) is 5.91 Å². The predicted molar refractivity (Wildman–Crippen MR) is 111 cm³/mol. The Bertz CT molecular complexity index is 1290. The van der Waals surface area contributed by atoms with Gasteiger partial charge in [0.2, 0.25) is 0 Å². The molecule has 7 nitrogen and oxygen atoms in total. The quantitative estimate of drug-likeness (QED) is 0.492. The van der Waals surface area contributed by atoms with Crippen LogP contribution in [0.1, 0.15) is 18.3 Å². The lowest BCUT2D eigenvalue weighted by Crippen LogP contribution is -2.30. The third-order valence-corrected chi connectivity index (χ3v) is 4.69. The second-order valence-corrected chi connectivity index (χ2v) is 7.09. The maximum Gasteiger partial charge on any atom is 0.416 e. The number of aryl methyl sites for hydroxylation is 1. The Morgan fingerprint density at radius 1 is 1.06 bits per heavy atom. The van der Waals surface area contributed by atoms with Gasteiger partial charge in [0.1, 0.15) is 5.75 Å². The molecule has 0 spiro atoms. The van der Waals surface area contributed by atoms with E-state index in [2.05, 4.69) is 20.6 Å². The molecule has 0 saturated heterocycles. The average molecular weight is 441 g/mol. The molecule has 1 amide bonds. The lowest BCUT2D eigenvalue weighted by molar-refractivity contribution is -0.137. The first-order chi connectivity index (χ1) is 15.2. The van der Waals surface area contributed by atoms with Crippen molar-refractivity contribution in [3.63, 3.8) is 0 Å². The van der Waals surface area contributed by atoms with Gasteiger partial charge < -0.3 is 10.1 Å². The first-order valence-corrected chi connectivity index (χ1v) is 9.65. The van der Waals surface area contributed by atoms with Crippen LogP contribution in [0.3, 0.4) is 0 Å². The van der Waals surface area contributed by atoms with Gasteiger partial charge >= 0.3 is 6.18 Å². The van der Waals surface area contributed by atoms with E-state index in [0.717, 1.165) is 17.7 Å². The maximum absolute atomic E-state index is 12.9. The minimum atomic E-state index is -4.49. The van der Waals surface area contributed by atoms with Gasteiger partial charge in [-0.15, -0.1) is 10.2 Å². The SMILES string of the molecule is Cc1nnc2ccc(-c3cccc(NC(=O)C(C)Oc4cccc(C(F)(F)F)c4)c3)nn12. The van der Waals surface area contributed by atoms with Crippen LogP contribution in [0.2, 0.25) is 0 Å². The van der Waals surface area contributed by atoms with Crippen LogP contribution in [0.4, 0.5) is 18.9 Å². The van der Waals surface area contributed by atoms with E-state index in [1.807, 2.05) is 6.07 Å². The molecule has 1 atom stereocenters. The Morgan fingerprint density at radius 3 is 2.62 bits per heavy atom. The number of halogens is 3. The monoisotopic (exact) mass is 441 g/mol. The van der Waals surface area contributed by atoms with Crippen LogP contribution in [-0.4, -0.2) is 31.8 Å². The highest BCUT2D eigenvalue weighted by molar-refractivity contribution is 5.94. The van der Waals surface area contributed by atoms with E-state index in [-0.39, 0.29) is 5.75 Å². The Kier molecular flexibility index (Phi) is 5.52. The number of hydrogen-bond acceptors (Lipinski definition) is 5. The minimum Gasteiger partial charge on any atom is -0.481 e. The summed E-state index contributed by atoms with van der Waals surface area (Å²) < 4.78 is 45.6. The number of alkyl halides is 3. The predicted octanol–water partition coefficient (Wildman–Crippen LogP) is 4.52. The van der Waals surface area contributed by atoms with Gasteiger partial charge in [-0.1, -0.05) is 18.2 Å². The summed E-state index contributed by atoms with van der Waals surface area (Å²) in [5.74, 6) is 0.0996. The van der Waals surface area contributed by atoms with Crippen molar-refractivity contribution >= 4 is 17.2 Å². The van der Waals surface area contributed by atoms with E-state index < -0.39 is 23.8 Å². The van der Waals surface area contributed by atoms with Gasteiger partial charge in [-0.2, -0.15) is 22.8 Å². The van der Waals surface area contributed by atoms with Crippen molar-refractivity contribution in [2.75, 3.05) is 5.32 Å². The van der Waals surface area contributed by atoms with Crippen molar-refractivity contribution in [3.05, 3.63) is 72.1 Å². The van der Waals surface area contributed by atoms with Crippen molar-refractivity contribution in [1.82, 2.24) is 19.8 Å². The number of carbonyl (C=O) groups is 1. The molecule has 1 N–H and O–H groups in total. The van der Waals surface area contributed by atoms with Crippen LogP contribution in [0.25, 0.3) is 16.9 Å². The number of aromatic nitrogens is 4. The normalized spacial score (nSPS) is 12.5. The summed E-state index contributed by atoms with van der Waals surface area (Å²) in [6.45, 7) is 3.25. The number of fused-ring (bicyclic) bond motifs is 1. The molecule has 2 aromatic carbocycles. The summed E-state index contributed by atoms with van der Waals surface area (Å²) >= 11 is 0. The summed E-state index contributed by atoms with van der Waals surface area (Å²) in [6.07, 6.45) is -5.51. The van der Waals surface area contributed by atoms with E-state index in [1.54, 1.807) is 41.8 Å². The molecule has 0 aliphatic carbocycles. The van der Waals surface area contributed by atoms with Crippen molar-refractivity contribution in [2.24, 2.45) is 0 Å². The number of hydrogen-bond donors (Lipinski definition) is 1. The zero-order valence-electron chi connectivity index (χ0n) is 17.1. The molecular weight excluding hydrogens is 423 g/mol. The number of rotatable bonds is 5. The highest BCUT2D eigenvalue weighted by Gasteiger charge is 2.31. The summed E-state index contributed by atoms with van der Waals surface area (Å²) in [5, 5.41) is 15.2. The number of anilines is 1. The zero-order chi connectivity index (χ0) is 22.9. The fourth-order valence-corrected chi connectivity index (χ4v) is 3.05. The molecule has 4 aromatic rings. The number of ether oxygens (including phenoxy) is 1. The van der Waals surface area contributed by atoms with Gasteiger partial charge in [-0.3, -0.25) is 4.79 Å². The van der Waals surface area contributed by atoms with Crippen LogP contribution in [-0.2, 0) is 11.0 Å². The lowest BCUT2D eigenvalue weighted by atomic mass is 10.1. The van der Waals surface area contributed by atoms with E-state index >= 15 is 0 Å². The van der Waals surface area contributed by atoms with Gasteiger partial charge in [-0.25, -0.2) is 0 Å². The van der Waals surface area contributed by atoms with Crippen molar-refractivity contribution in [3.8, 4) is 17.0 Å². The third-order valence-electron chi connectivity index (χ3n) is 4.69. The molecule has 0 radical (unpaired) electrons. The summed E-state index contributed by atoms with van der Waals surface area (Å²) in [7, 11) is 0. The molecule has 2 aromatic heterocycles. The first-order valence-electron chi connectivity index (χ1n) is 9.65. The Hall–Kier alpha value is -3.95. The maximum atomic E-state index is 12.9. The highest BCUT2D eigenvalue weighted by atomic mass is 19.4. The number of carbonyl (C=O) groups excluding carboxylic acids is 1. The Balaban J connectivity index is 1.48. The standard InChI is InChI=1S/C22H18F3N5O2/c1-13(32-18-8-4-6-16(12-18)22(23,24)25)21(31)26-17-7-3-5-15(11-17)19-9-10-20-28-27-14(2)30(20)29-19/h3-13H,1-2H3,(H,26,31). The van der Waals surface area contributed by atoms with Crippen molar-refractivity contribution in [2.45, 2.75) is 26.1 Å². The number of benzene rings is 2. The first kappa shape index (κ1) is 21.3. The molecule has 164 valence electrons. The van der Waals surface area contributed by atoms with Crippen molar-refractivity contribution < 1.29 is 22.7 Å². The summed E-state index contributed by atoms with van der Waals surface area (Å²) in [5.41, 5.74) is 1.68. The lowest BCUT2D eigenvalue weighted by Gasteiger charge is -2.16. The van der Waals surface area contributed by atoms with Crippen LogP contribution in [0.5, 0.6) is 5.75 Å². The highest BCUT2D eigenvalue weighted by Crippen LogP contribution is 2.31. The van der Waals surface area contributed by atoms with Crippen LogP contribution < -0.4 is 10.1 Å². The summed E-state index contributed by atoms with van der Waals surface area (Å²) in [4.78, 5) is 12.5. The van der Waals surface area contributed by atoms with E-state index in [1.165, 1.54) is 19.1 Å². The second kappa shape index (κ2) is 8.29. The fraction of sp³-hybridized carbons (Fsp3) is 0.182. The molecule has 0 fully saturated rings. The van der Waals surface area contributed by atoms with Gasteiger partial charge in [-0.05, 0) is 56.3 Å². The zero-order valence-corrected chi connectivity index (χ0v) is 17.1. The molecule has 10 heteroatoms. The Morgan fingerprint density at radius 2 is 1.84 bits per heavy atom. The van der Waals surface area contributed by atoms with Gasteiger partial charge in [0, 0.05) is 11.3 Å². The number of nitrogens with zero attached hydrogens (tertiary/aromatic N) is 4. The number of nitrogens with one attached hydrogen (secondary N) is 1. The molecule has 4 rings (SSSR count). The van der Waals surface area contributed by atoms with Crippen LogP contribution in [0.15, 0.2) is 60.7 Å².